The van der Waals surface area contributed by atoms with Crippen LogP contribution in [-0.4, -0.2) is 29.8 Å². The summed E-state index contributed by atoms with van der Waals surface area (Å²) < 4.78 is 9.77. The summed E-state index contributed by atoms with van der Waals surface area (Å²) in [5, 5.41) is 2.50. The number of unbranched alkanes of at least 4 members (excludes halogenated alkanes) is 1. The van der Waals surface area contributed by atoms with Crippen molar-refractivity contribution in [2.45, 2.75) is 58.6 Å². The molecule has 5 nitrogen and oxygen atoms in total. The first-order chi connectivity index (χ1) is 8.30. The molecule has 0 aliphatic heterocycles. The standard InChI is InChI=1S/C12H22ClNO4/c1-5-6-7-9(10(15)17-8-13)14-11(16)18-12(2,3)4/h9H,5-8H2,1-4H3,(H,14,16). The molecule has 0 aromatic rings. The minimum Gasteiger partial charge on any atom is -0.448 e. The van der Waals surface area contributed by atoms with Gasteiger partial charge in [-0.25, -0.2) is 9.59 Å². The van der Waals surface area contributed by atoms with Crippen LogP contribution in [-0.2, 0) is 14.3 Å². The molecule has 1 unspecified atom stereocenters. The lowest BCUT2D eigenvalue weighted by atomic mass is 10.1. The first-order valence-corrected chi connectivity index (χ1v) is 6.55. The van der Waals surface area contributed by atoms with Gasteiger partial charge in [-0.1, -0.05) is 31.4 Å². The van der Waals surface area contributed by atoms with E-state index in [1.165, 1.54) is 0 Å². The number of nitrogens with one attached hydrogen (secondary N) is 1. The van der Waals surface area contributed by atoms with Crippen molar-refractivity contribution in [3.8, 4) is 0 Å². The fourth-order valence-electron chi connectivity index (χ4n) is 1.26. The maximum Gasteiger partial charge on any atom is 0.408 e. The second kappa shape index (κ2) is 8.19. The topological polar surface area (TPSA) is 64.6 Å². The van der Waals surface area contributed by atoms with Crippen LogP contribution < -0.4 is 5.32 Å². The number of halogens is 1. The van der Waals surface area contributed by atoms with E-state index in [1.54, 1.807) is 20.8 Å². The second-order valence-electron chi connectivity index (χ2n) is 4.91. The lowest BCUT2D eigenvalue weighted by Gasteiger charge is -2.22. The van der Waals surface area contributed by atoms with E-state index in [2.05, 4.69) is 10.1 Å². The number of alkyl halides is 1. The Bertz CT molecular complexity index is 276. The smallest absolute Gasteiger partial charge is 0.408 e. The summed E-state index contributed by atoms with van der Waals surface area (Å²) in [7, 11) is 0. The van der Waals surface area contributed by atoms with Gasteiger partial charge in [-0.3, -0.25) is 0 Å². The molecule has 0 aromatic heterocycles. The molecule has 0 aliphatic carbocycles. The Hall–Kier alpha value is -0.970. The van der Waals surface area contributed by atoms with Crippen molar-refractivity contribution in [1.29, 1.82) is 0 Å². The van der Waals surface area contributed by atoms with E-state index in [0.29, 0.717) is 6.42 Å². The Morgan fingerprint density at radius 3 is 2.39 bits per heavy atom. The van der Waals surface area contributed by atoms with Crippen molar-refractivity contribution in [3.05, 3.63) is 0 Å². The SMILES string of the molecule is CCCCC(NC(=O)OC(C)(C)C)C(=O)OCCl. The molecular formula is C12H22ClNO4. The van der Waals surface area contributed by atoms with Crippen molar-refractivity contribution in [2.75, 3.05) is 6.07 Å². The van der Waals surface area contributed by atoms with Gasteiger partial charge in [0.05, 0.1) is 0 Å². The number of rotatable bonds is 6. The summed E-state index contributed by atoms with van der Waals surface area (Å²) in [6.45, 7) is 7.26. The van der Waals surface area contributed by atoms with Crippen LogP contribution in [0.25, 0.3) is 0 Å². The molecule has 1 atom stereocenters. The molecular weight excluding hydrogens is 258 g/mol. The molecule has 18 heavy (non-hydrogen) atoms. The second-order valence-corrected chi connectivity index (χ2v) is 5.13. The zero-order valence-electron chi connectivity index (χ0n) is 11.4. The lowest BCUT2D eigenvalue weighted by Crippen LogP contribution is -2.44. The van der Waals surface area contributed by atoms with Crippen LogP contribution in [0, 0.1) is 0 Å². The van der Waals surface area contributed by atoms with Gasteiger partial charge in [0.25, 0.3) is 0 Å². The summed E-state index contributed by atoms with van der Waals surface area (Å²) in [4.78, 5) is 23.1. The first kappa shape index (κ1) is 17.0. The van der Waals surface area contributed by atoms with Gasteiger partial charge in [0.2, 0.25) is 0 Å². The van der Waals surface area contributed by atoms with Gasteiger partial charge in [-0.15, -0.1) is 0 Å². The third kappa shape index (κ3) is 8.17. The van der Waals surface area contributed by atoms with Crippen molar-refractivity contribution >= 4 is 23.7 Å². The molecule has 0 radical (unpaired) electrons. The molecule has 106 valence electrons. The summed E-state index contributed by atoms with van der Waals surface area (Å²) >= 11 is 5.33. The maximum absolute atomic E-state index is 11.6. The van der Waals surface area contributed by atoms with E-state index in [-0.39, 0.29) is 6.07 Å². The maximum atomic E-state index is 11.6. The first-order valence-electron chi connectivity index (χ1n) is 6.02. The lowest BCUT2D eigenvalue weighted by molar-refractivity contribution is -0.144. The quantitative estimate of drug-likeness (QED) is 0.600. The minimum absolute atomic E-state index is 0.225. The molecule has 0 heterocycles. The van der Waals surface area contributed by atoms with Crippen molar-refractivity contribution in [1.82, 2.24) is 5.32 Å². The van der Waals surface area contributed by atoms with Gasteiger partial charge in [0.1, 0.15) is 11.6 Å². The van der Waals surface area contributed by atoms with Crippen LogP contribution in [0.3, 0.4) is 0 Å². The van der Waals surface area contributed by atoms with Gasteiger partial charge >= 0.3 is 12.1 Å². The highest BCUT2D eigenvalue weighted by Gasteiger charge is 2.24. The highest BCUT2D eigenvalue weighted by atomic mass is 35.5. The number of carbonyl (C=O) groups excluding carboxylic acids is 2. The molecule has 0 saturated carbocycles. The molecule has 1 N–H and O–H groups in total. The van der Waals surface area contributed by atoms with Crippen LogP contribution in [0.15, 0.2) is 0 Å². The molecule has 1 amide bonds. The molecule has 0 aliphatic rings. The molecule has 0 saturated heterocycles. The predicted octanol–water partition coefficient (Wildman–Crippen LogP) is 2.81. The zero-order chi connectivity index (χ0) is 14.2. The van der Waals surface area contributed by atoms with E-state index in [1.807, 2.05) is 6.92 Å². The Kier molecular flexibility index (Phi) is 7.75. The number of amides is 1. The van der Waals surface area contributed by atoms with Gasteiger partial charge in [0, 0.05) is 0 Å². The summed E-state index contributed by atoms with van der Waals surface area (Å²) in [6, 6.07) is -0.934. The van der Waals surface area contributed by atoms with Gasteiger partial charge < -0.3 is 14.8 Å². The Morgan fingerprint density at radius 2 is 1.94 bits per heavy atom. The number of carbonyl (C=O) groups is 2. The molecule has 0 spiro atoms. The Labute approximate surface area is 113 Å². The third-order valence-electron chi connectivity index (χ3n) is 2.02. The third-order valence-corrected chi connectivity index (χ3v) is 2.13. The highest BCUT2D eigenvalue weighted by Crippen LogP contribution is 2.09. The molecule has 6 heteroatoms. The van der Waals surface area contributed by atoms with E-state index in [9.17, 15) is 9.59 Å². The zero-order valence-corrected chi connectivity index (χ0v) is 12.2. The summed E-state index contributed by atoms with van der Waals surface area (Å²) in [5.74, 6) is -0.538. The van der Waals surface area contributed by atoms with Crippen LogP contribution >= 0.6 is 11.6 Å². The largest absolute Gasteiger partial charge is 0.448 e. The Morgan fingerprint density at radius 1 is 1.33 bits per heavy atom. The van der Waals surface area contributed by atoms with Gasteiger partial charge in [-0.05, 0) is 27.2 Å². The highest BCUT2D eigenvalue weighted by molar-refractivity contribution is 6.17. The predicted molar refractivity (Wildman–Crippen MR) is 69.5 cm³/mol. The van der Waals surface area contributed by atoms with Crippen LogP contribution in [0.2, 0.25) is 0 Å². The molecule has 0 aromatic carbocycles. The molecule has 0 fully saturated rings. The number of esters is 1. The fourth-order valence-corrected chi connectivity index (χ4v) is 1.37. The van der Waals surface area contributed by atoms with E-state index < -0.39 is 23.7 Å². The van der Waals surface area contributed by atoms with Crippen molar-refractivity contribution in [2.24, 2.45) is 0 Å². The number of alkyl carbamates (subject to hydrolysis) is 1. The number of hydrogen-bond acceptors (Lipinski definition) is 4. The summed E-state index contributed by atoms with van der Waals surface area (Å²) in [6.07, 6.45) is 1.60. The monoisotopic (exact) mass is 279 g/mol. The fraction of sp³-hybridized carbons (Fsp3) is 0.833. The van der Waals surface area contributed by atoms with Crippen LogP contribution in [0.1, 0.15) is 47.0 Å². The van der Waals surface area contributed by atoms with Crippen LogP contribution in [0.4, 0.5) is 4.79 Å². The normalized spacial score (nSPS) is 12.7. The average molecular weight is 280 g/mol. The molecule has 0 rings (SSSR count). The molecule has 0 bridgehead atoms. The van der Waals surface area contributed by atoms with Gasteiger partial charge in [-0.2, -0.15) is 0 Å². The van der Waals surface area contributed by atoms with Crippen molar-refractivity contribution in [3.63, 3.8) is 0 Å². The van der Waals surface area contributed by atoms with Crippen molar-refractivity contribution < 1.29 is 19.1 Å². The average Bonchev–Trinajstić information content (AvgIpc) is 2.21. The Balaban J connectivity index is 4.39. The number of hydrogen-bond donors (Lipinski definition) is 1. The van der Waals surface area contributed by atoms with Gasteiger partial charge in [0.15, 0.2) is 6.07 Å². The number of ether oxygens (including phenoxy) is 2. The van der Waals surface area contributed by atoms with E-state index >= 15 is 0 Å². The minimum atomic E-state index is -0.710. The summed E-state index contributed by atoms with van der Waals surface area (Å²) in [5.41, 5.74) is -0.601. The van der Waals surface area contributed by atoms with E-state index in [0.717, 1.165) is 12.8 Å². The van der Waals surface area contributed by atoms with E-state index in [4.69, 9.17) is 16.3 Å². The van der Waals surface area contributed by atoms with Crippen LogP contribution in [0.5, 0.6) is 0 Å².